The maximum Gasteiger partial charge on any atom is 0.158 e. The minimum Gasteiger partial charge on any atom is -0.396 e. The lowest BCUT2D eigenvalue weighted by molar-refractivity contribution is 0.178. The molecule has 0 amide bonds. The summed E-state index contributed by atoms with van der Waals surface area (Å²) in [5.74, 6) is 2.26. The first-order chi connectivity index (χ1) is 9.30. The molecule has 0 aliphatic rings. The van der Waals surface area contributed by atoms with Gasteiger partial charge in [-0.1, -0.05) is 12.8 Å². The maximum atomic E-state index is 8.69. The Morgan fingerprint density at radius 2 is 1.89 bits per heavy atom. The first-order valence-electron chi connectivity index (χ1n) is 6.69. The summed E-state index contributed by atoms with van der Waals surface area (Å²) in [6.07, 6.45) is 4.13. The van der Waals surface area contributed by atoms with Gasteiger partial charge >= 0.3 is 0 Å². The average molecular weight is 268 g/mol. The molecule has 1 aromatic rings. The molecule has 108 valence electrons. The van der Waals surface area contributed by atoms with Gasteiger partial charge in [-0.05, 0) is 12.8 Å². The van der Waals surface area contributed by atoms with Crippen LogP contribution in [0.15, 0.2) is 6.07 Å². The van der Waals surface area contributed by atoms with E-state index in [1.807, 2.05) is 13.1 Å². The summed E-state index contributed by atoms with van der Waals surface area (Å²) in [6.45, 7) is 1.56. The molecule has 0 aliphatic carbocycles. The van der Waals surface area contributed by atoms with E-state index < -0.39 is 0 Å². The minimum absolute atomic E-state index is 0.283. The Kier molecular flexibility index (Phi) is 7.84. The predicted molar refractivity (Wildman–Crippen MR) is 76.3 cm³/mol. The Bertz CT molecular complexity index is 360. The van der Waals surface area contributed by atoms with E-state index in [1.54, 1.807) is 7.11 Å². The van der Waals surface area contributed by atoms with Crippen molar-refractivity contribution in [3.63, 3.8) is 0 Å². The Morgan fingerprint density at radius 1 is 1.16 bits per heavy atom. The zero-order valence-electron chi connectivity index (χ0n) is 11.8. The number of aromatic nitrogens is 2. The van der Waals surface area contributed by atoms with E-state index in [0.717, 1.165) is 43.9 Å². The molecule has 6 heteroatoms. The standard InChI is InChI=1S/C13H24N4O2/c1-14-11-9-12(17-13(16-11)10-19-2)15-7-5-3-4-6-8-18/h9,18H,3-8,10H2,1-2H3,(H2,14,15,16,17). The summed E-state index contributed by atoms with van der Waals surface area (Å²) in [5.41, 5.74) is 0. The van der Waals surface area contributed by atoms with Crippen LogP contribution in [0, 0.1) is 0 Å². The molecule has 1 rings (SSSR count). The molecule has 6 nitrogen and oxygen atoms in total. The van der Waals surface area contributed by atoms with E-state index in [-0.39, 0.29) is 6.61 Å². The molecule has 1 heterocycles. The molecule has 0 bridgehead atoms. The molecule has 19 heavy (non-hydrogen) atoms. The van der Waals surface area contributed by atoms with Gasteiger partial charge in [-0.15, -0.1) is 0 Å². The van der Waals surface area contributed by atoms with Gasteiger partial charge in [0.2, 0.25) is 0 Å². The van der Waals surface area contributed by atoms with Crippen LogP contribution in [0.25, 0.3) is 0 Å². The van der Waals surface area contributed by atoms with Gasteiger partial charge in [-0.25, -0.2) is 9.97 Å². The van der Waals surface area contributed by atoms with Crippen LogP contribution < -0.4 is 10.6 Å². The molecular weight excluding hydrogens is 244 g/mol. The second-order valence-corrected chi connectivity index (χ2v) is 4.30. The maximum absolute atomic E-state index is 8.69. The Morgan fingerprint density at radius 3 is 2.58 bits per heavy atom. The molecule has 0 radical (unpaired) electrons. The van der Waals surface area contributed by atoms with Gasteiger partial charge in [0.05, 0.1) is 0 Å². The van der Waals surface area contributed by atoms with Crippen molar-refractivity contribution in [2.24, 2.45) is 0 Å². The highest BCUT2D eigenvalue weighted by atomic mass is 16.5. The van der Waals surface area contributed by atoms with Gasteiger partial charge in [-0.2, -0.15) is 0 Å². The number of nitrogens with one attached hydrogen (secondary N) is 2. The second-order valence-electron chi connectivity index (χ2n) is 4.30. The van der Waals surface area contributed by atoms with E-state index in [4.69, 9.17) is 9.84 Å². The highest BCUT2D eigenvalue weighted by Gasteiger charge is 2.03. The molecule has 0 fully saturated rings. The Hall–Kier alpha value is -1.40. The quantitative estimate of drug-likeness (QED) is 0.560. The molecule has 0 saturated heterocycles. The Labute approximate surface area is 114 Å². The van der Waals surface area contributed by atoms with Crippen molar-refractivity contribution in [1.29, 1.82) is 0 Å². The van der Waals surface area contributed by atoms with E-state index in [2.05, 4.69) is 20.6 Å². The fourth-order valence-electron chi connectivity index (χ4n) is 1.72. The average Bonchev–Trinajstić information content (AvgIpc) is 2.43. The lowest BCUT2D eigenvalue weighted by atomic mass is 10.2. The van der Waals surface area contributed by atoms with Crippen LogP contribution in [-0.4, -0.2) is 42.4 Å². The lowest BCUT2D eigenvalue weighted by Crippen LogP contribution is -2.08. The van der Waals surface area contributed by atoms with E-state index in [9.17, 15) is 0 Å². The zero-order chi connectivity index (χ0) is 13.9. The third-order valence-electron chi connectivity index (χ3n) is 2.69. The smallest absolute Gasteiger partial charge is 0.158 e. The van der Waals surface area contributed by atoms with E-state index in [0.29, 0.717) is 12.4 Å². The normalized spacial score (nSPS) is 10.5. The fraction of sp³-hybridized carbons (Fsp3) is 0.692. The van der Waals surface area contributed by atoms with Crippen molar-refractivity contribution in [2.45, 2.75) is 32.3 Å². The van der Waals surface area contributed by atoms with Crippen molar-refractivity contribution in [2.75, 3.05) is 37.9 Å². The first kappa shape index (κ1) is 15.7. The Balaban J connectivity index is 2.41. The number of rotatable bonds is 10. The van der Waals surface area contributed by atoms with Gasteiger partial charge in [0.15, 0.2) is 5.82 Å². The monoisotopic (exact) mass is 268 g/mol. The summed E-state index contributed by atoms with van der Waals surface area (Å²) in [7, 11) is 3.46. The van der Waals surface area contributed by atoms with Gasteiger partial charge in [0.25, 0.3) is 0 Å². The fourth-order valence-corrected chi connectivity index (χ4v) is 1.72. The number of methoxy groups -OCH3 is 1. The summed E-state index contributed by atoms with van der Waals surface area (Å²) < 4.78 is 5.05. The predicted octanol–water partition coefficient (Wildman–Crippen LogP) is 1.63. The second kappa shape index (κ2) is 9.52. The highest BCUT2D eigenvalue weighted by Crippen LogP contribution is 2.11. The van der Waals surface area contributed by atoms with Crippen LogP contribution in [-0.2, 0) is 11.3 Å². The van der Waals surface area contributed by atoms with Crippen molar-refractivity contribution < 1.29 is 9.84 Å². The lowest BCUT2D eigenvalue weighted by Gasteiger charge is -2.09. The highest BCUT2D eigenvalue weighted by molar-refractivity contribution is 5.47. The zero-order valence-corrected chi connectivity index (χ0v) is 11.8. The molecular formula is C13H24N4O2. The topological polar surface area (TPSA) is 79.3 Å². The third kappa shape index (κ3) is 6.35. The number of unbranched alkanes of at least 4 members (excludes halogenated alkanes) is 3. The van der Waals surface area contributed by atoms with Crippen LogP contribution in [0.5, 0.6) is 0 Å². The van der Waals surface area contributed by atoms with E-state index >= 15 is 0 Å². The molecule has 0 unspecified atom stereocenters. The van der Waals surface area contributed by atoms with E-state index in [1.165, 1.54) is 0 Å². The number of aliphatic hydroxyl groups excluding tert-OH is 1. The van der Waals surface area contributed by atoms with Gasteiger partial charge < -0.3 is 20.5 Å². The van der Waals surface area contributed by atoms with Crippen LogP contribution >= 0.6 is 0 Å². The van der Waals surface area contributed by atoms with Gasteiger partial charge in [0.1, 0.15) is 18.2 Å². The summed E-state index contributed by atoms with van der Waals surface area (Å²) in [5, 5.41) is 15.0. The molecule has 1 aromatic heterocycles. The molecule has 3 N–H and O–H groups in total. The van der Waals surface area contributed by atoms with Crippen LogP contribution in [0.2, 0.25) is 0 Å². The van der Waals surface area contributed by atoms with Gasteiger partial charge in [0, 0.05) is 33.4 Å². The van der Waals surface area contributed by atoms with Crippen molar-refractivity contribution >= 4 is 11.6 Å². The van der Waals surface area contributed by atoms with Crippen molar-refractivity contribution in [1.82, 2.24) is 9.97 Å². The van der Waals surface area contributed by atoms with Gasteiger partial charge in [-0.3, -0.25) is 0 Å². The van der Waals surface area contributed by atoms with Crippen LogP contribution in [0.1, 0.15) is 31.5 Å². The molecule has 0 saturated carbocycles. The molecule has 0 aromatic carbocycles. The number of hydrogen-bond donors (Lipinski definition) is 3. The summed E-state index contributed by atoms with van der Waals surface area (Å²) in [6, 6.07) is 1.88. The molecule has 0 atom stereocenters. The number of ether oxygens (including phenoxy) is 1. The summed E-state index contributed by atoms with van der Waals surface area (Å²) in [4.78, 5) is 8.67. The number of anilines is 2. The van der Waals surface area contributed by atoms with Crippen molar-refractivity contribution in [3.8, 4) is 0 Å². The largest absolute Gasteiger partial charge is 0.396 e. The summed E-state index contributed by atoms with van der Waals surface area (Å²) >= 11 is 0. The number of hydrogen-bond acceptors (Lipinski definition) is 6. The number of aliphatic hydroxyl groups is 1. The third-order valence-corrected chi connectivity index (χ3v) is 2.69. The molecule has 0 spiro atoms. The van der Waals surface area contributed by atoms with Crippen LogP contribution in [0.4, 0.5) is 11.6 Å². The first-order valence-corrected chi connectivity index (χ1v) is 6.69. The molecule has 0 aliphatic heterocycles. The number of nitrogens with zero attached hydrogens (tertiary/aromatic N) is 2. The van der Waals surface area contributed by atoms with Crippen LogP contribution in [0.3, 0.4) is 0 Å². The van der Waals surface area contributed by atoms with Crippen molar-refractivity contribution in [3.05, 3.63) is 11.9 Å². The SMILES string of the molecule is CNc1cc(NCCCCCCO)nc(COC)n1. The minimum atomic E-state index is 0.283.